The van der Waals surface area contributed by atoms with E-state index in [9.17, 15) is 14.4 Å². The number of esters is 2. The Morgan fingerprint density at radius 2 is 1.86 bits per heavy atom. The molecule has 1 N–H and O–H groups in total. The van der Waals surface area contributed by atoms with Gasteiger partial charge in [0, 0.05) is 12.1 Å². The van der Waals surface area contributed by atoms with Crippen molar-refractivity contribution in [2.45, 2.75) is 58.6 Å². The van der Waals surface area contributed by atoms with Crippen molar-refractivity contribution in [3.05, 3.63) is 24.3 Å². The van der Waals surface area contributed by atoms with Crippen molar-refractivity contribution in [3.63, 3.8) is 0 Å². The minimum Gasteiger partial charge on any atom is -0.497 e. The molecule has 0 aromatic heterocycles. The number of carbonyl (C=O) groups is 3. The first kappa shape index (κ1) is 21.7. The topological polar surface area (TPSA) is 90.9 Å². The van der Waals surface area contributed by atoms with Gasteiger partial charge in [0.15, 0.2) is 11.2 Å². The van der Waals surface area contributed by atoms with E-state index in [0.29, 0.717) is 17.9 Å². The molecule has 0 bridgehead atoms. The molecule has 0 heterocycles. The van der Waals surface area contributed by atoms with E-state index >= 15 is 0 Å². The number of rotatable bonds is 7. The molecule has 1 fully saturated rings. The molecule has 0 aliphatic heterocycles. The van der Waals surface area contributed by atoms with Crippen LogP contribution in [0.4, 0.5) is 5.69 Å². The van der Waals surface area contributed by atoms with E-state index in [1.165, 1.54) is 0 Å². The van der Waals surface area contributed by atoms with E-state index in [1.54, 1.807) is 59.1 Å². The lowest BCUT2D eigenvalue weighted by Crippen LogP contribution is -2.56. The van der Waals surface area contributed by atoms with Crippen molar-refractivity contribution < 1.29 is 28.6 Å². The summed E-state index contributed by atoms with van der Waals surface area (Å²) in [6, 6.07) is 5.70. The molecule has 1 aliphatic carbocycles. The molecule has 2 unspecified atom stereocenters. The van der Waals surface area contributed by atoms with E-state index < -0.39 is 29.0 Å². The molecule has 1 aromatic rings. The summed E-state index contributed by atoms with van der Waals surface area (Å²) in [5, 5.41) is 3.04. The summed E-state index contributed by atoms with van der Waals surface area (Å²) in [6.45, 7) is 7.01. The Morgan fingerprint density at radius 1 is 1.21 bits per heavy atom. The third-order valence-electron chi connectivity index (χ3n) is 4.65. The zero-order valence-corrected chi connectivity index (χ0v) is 17.2. The fourth-order valence-electron chi connectivity index (χ4n) is 3.36. The molecule has 1 saturated carbocycles. The van der Waals surface area contributed by atoms with E-state index in [0.717, 1.165) is 0 Å². The average Bonchev–Trinajstić information content (AvgIpc) is 3.01. The third-order valence-corrected chi connectivity index (χ3v) is 4.65. The highest BCUT2D eigenvalue weighted by atomic mass is 16.6. The Balaban J connectivity index is 2.45. The van der Waals surface area contributed by atoms with Gasteiger partial charge >= 0.3 is 11.9 Å². The van der Waals surface area contributed by atoms with Gasteiger partial charge in [0.1, 0.15) is 17.4 Å². The van der Waals surface area contributed by atoms with Crippen LogP contribution in [0.5, 0.6) is 5.75 Å². The largest absolute Gasteiger partial charge is 0.497 e. The second-order valence-corrected chi connectivity index (χ2v) is 7.81. The normalized spacial score (nSPS) is 20.4. The van der Waals surface area contributed by atoms with Gasteiger partial charge in [0.25, 0.3) is 0 Å². The van der Waals surface area contributed by atoms with Gasteiger partial charge in [-0.3, -0.25) is 9.59 Å². The molecule has 2 rings (SSSR count). The molecule has 28 heavy (non-hydrogen) atoms. The van der Waals surface area contributed by atoms with Gasteiger partial charge in [-0.25, -0.2) is 4.79 Å². The first-order chi connectivity index (χ1) is 13.1. The maximum Gasteiger partial charge on any atom is 0.330 e. The van der Waals surface area contributed by atoms with Gasteiger partial charge < -0.3 is 19.5 Å². The number of ketones is 1. The predicted molar refractivity (Wildman–Crippen MR) is 104 cm³/mol. The van der Waals surface area contributed by atoms with E-state index in [4.69, 9.17) is 14.2 Å². The van der Waals surface area contributed by atoms with Crippen LogP contribution in [-0.4, -0.2) is 43.1 Å². The number of nitrogens with one attached hydrogen (secondary N) is 1. The SMILES string of the molecule is CCOC(=O)C(Nc1ccc(OC)cc1)C1(C(=O)OC(C)(C)C)CCCC1=O. The summed E-state index contributed by atoms with van der Waals surface area (Å²) < 4.78 is 15.9. The van der Waals surface area contributed by atoms with E-state index in [-0.39, 0.29) is 25.2 Å². The molecular formula is C21H29NO6. The first-order valence-electron chi connectivity index (χ1n) is 9.48. The summed E-state index contributed by atoms with van der Waals surface area (Å²) in [7, 11) is 1.55. The van der Waals surface area contributed by atoms with Crippen LogP contribution in [0.15, 0.2) is 24.3 Å². The fourth-order valence-corrected chi connectivity index (χ4v) is 3.36. The van der Waals surface area contributed by atoms with Crippen LogP contribution in [0.2, 0.25) is 0 Å². The molecule has 0 spiro atoms. The highest BCUT2D eigenvalue weighted by Crippen LogP contribution is 2.42. The molecule has 0 amide bonds. The second-order valence-electron chi connectivity index (χ2n) is 7.81. The van der Waals surface area contributed by atoms with Gasteiger partial charge in [-0.05, 0) is 64.8 Å². The summed E-state index contributed by atoms with van der Waals surface area (Å²) in [4.78, 5) is 38.8. The summed E-state index contributed by atoms with van der Waals surface area (Å²) in [5.74, 6) is -1.00. The third kappa shape index (κ3) is 4.64. The highest BCUT2D eigenvalue weighted by Gasteiger charge is 2.59. The number of anilines is 1. The molecular weight excluding hydrogens is 362 g/mol. The molecule has 1 aromatic carbocycles. The van der Waals surface area contributed by atoms with Crippen LogP contribution in [0.25, 0.3) is 0 Å². The minimum atomic E-state index is -1.61. The van der Waals surface area contributed by atoms with Crippen LogP contribution >= 0.6 is 0 Å². The predicted octanol–water partition coefficient (Wildman–Crippen LogP) is 3.12. The average molecular weight is 391 g/mol. The monoisotopic (exact) mass is 391 g/mol. The van der Waals surface area contributed by atoms with Gasteiger partial charge in [-0.15, -0.1) is 0 Å². The lowest BCUT2D eigenvalue weighted by Gasteiger charge is -2.35. The van der Waals surface area contributed by atoms with Crippen LogP contribution in [-0.2, 0) is 23.9 Å². The van der Waals surface area contributed by atoms with Crippen LogP contribution in [0, 0.1) is 5.41 Å². The van der Waals surface area contributed by atoms with Crippen LogP contribution in [0.3, 0.4) is 0 Å². The van der Waals surface area contributed by atoms with Crippen molar-refractivity contribution in [2.75, 3.05) is 19.0 Å². The lowest BCUT2D eigenvalue weighted by atomic mass is 9.77. The summed E-state index contributed by atoms with van der Waals surface area (Å²) in [5.41, 5.74) is -1.83. The molecule has 2 atom stereocenters. The van der Waals surface area contributed by atoms with Crippen molar-refractivity contribution in [1.29, 1.82) is 0 Å². The molecule has 154 valence electrons. The van der Waals surface area contributed by atoms with Gasteiger partial charge in [0.05, 0.1) is 13.7 Å². The second kappa shape index (κ2) is 8.63. The maximum absolute atomic E-state index is 13.1. The summed E-state index contributed by atoms with van der Waals surface area (Å²) in [6.07, 6.45) is 0.963. The molecule has 7 nitrogen and oxygen atoms in total. The molecule has 0 radical (unpaired) electrons. The Hall–Kier alpha value is -2.57. The maximum atomic E-state index is 13.1. The number of ether oxygens (including phenoxy) is 3. The number of hydrogen-bond acceptors (Lipinski definition) is 7. The number of hydrogen-bond donors (Lipinski definition) is 1. The number of benzene rings is 1. The smallest absolute Gasteiger partial charge is 0.330 e. The fraction of sp³-hybridized carbons (Fsp3) is 0.571. The Morgan fingerprint density at radius 3 is 2.32 bits per heavy atom. The Bertz CT molecular complexity index is 721. The van der Waals surface area contributed by atoms with Crippen molar-refractivity contribution in [3.8, 4) is 5.75 Å². The zero-order chi connectivity index (χ0) is 20.9. The minimum absolute atomic E-state index is 0.137. The van der Waals surface area contributed by atoms with Crippen molar-refractivity contribution in [1.82, 2.24) is 0 Å². The summed E-state index contributed by atoms with van der Waals surface area (Å²) >= 11 is 0. The number of Topliss-reactive ketones (excluding diaryl/α,β-unsaturated/α-hetero) is 1. The van der Waals surface area contributed by atoms with Gasteiger partial charge in [0.2, 0.25) is 0 Å². The Labute approximate surface area is 165 Å². The first-order valence-corrected chi connectivity index (χ1v) is 9.48. The number of methoxy groups -OCH3 is 1. The molecule has 1 aliphatic rings. The van der Waals surface area contributed by atoms with E-state index in [2.05, 4.69) is 5.32 Å². The number of carbonyl (C=O) groups excluding carboxylic acids is 3. The lowest BCUT2D eigenvalue weighted by molar-refractivity contribution is -0.174. The molecule has 7 heteroatoms. The van der Waals surface area contributed by atoms with E-state index in [1.807, 2.05) is 0 Å². The molecule has 0 saturated heterocycles. The van der Waals surface area contributed by atoms with Crippen LogP contribution in [0.1, 0.15) is 47.0 Å². The van der Waals surface area contributed by atoms with Crippen molar-refractivity contribution >= 4 is 23.4 Å². The standard InChI is InChI=1S/C21H29NO6/c1-6-27-18(24)17(22-14-9-11-15(26-5)12-10-14)21(13-7-8-16(21)23)19(25)28-20(2,3)4/h9-12,17,22H,6-8,13H2,1-5H3. The van der Waals surface area contributed by atoms with Crippen LogP contribution < -0.4 is 10.1 Å². The zero-order valence-electron chi connectivity index (χ0n) is 17.2. The van der Waals surface area contributed by atoms with Gasteiger partial charge in [-0.2, -0.15) is 0 Å². The highest BCUT2D eigenvalue weighted by molar-refractivity contribution is 6.10. The van der Waals surface area contributed by atoms with Crippen molar-refractivity contribution in [2.24, 2.45) is 5.41 Å². The van der Waals surface area contributed by atoms with Gasteiger partial charge in [-0.1, -0.05) is 0 Å². The Kier molecular flexibility index (Phi) is 6.69. The quantitative estimate of drug-likeness (QED) is 0.564.